The van der Waals surface area contributed by atoms with Gasteiger partial charge in [0, 0.05) is 45.5 Å². The summed E-state index contributed by atoms with van der Waals surface area (Å²) in [4.78, 5) is 17.0. The smallest absolute Gasteiger partial charge is 0.282 e. The van der Waals surface area contributed by atoms with Gasteiger partial charge in [0.2, 0.25) is 0 Å². The zero-order valence-electron chi connectivity index (χ0n) is 13.4. The molecule has 1 fully saturated rings. The number of aromatic amines is 1. The predicted molar refractivity (Wildman–Crippen MR) is 90.9 cm³/mol. The van der Waals surface area contributed by atoms with E-state index in [1.54, 1.807) is 23.2 Å². The maximum atomic E-state index is 12.5. The zero-order chi connectivity index (χ0) is 17.0. The van der Waals surface area contributed by atoms with Crippen molar-refractivity contribution >= 4 is 28.3 Å². The summed E-state index contributed by atoms with van der Waals surface area (Å²) >= 11 is 5.13. The lowest BCUT2D eigenvalue weighted by molar-refractivity contribution is 0.0693. The molecule has 1 amide bonds. The van der Waals surface area contributed by atoms with Crippen molar-refractivity contribution in [3.8, 4) is 0 Å². The molecular formula is C14H22N4O3S2. The van der Waals surface area contributed by atoms with Crippen LogP contribution in [-0.4, -0.2) is 72.1 Å². The molecule has 23 heavy (non-hydrogen) atoms. The molecule has 1 aromatic heterocycles. The van der Waals surface area contributed by atoms with Crippen LogP contribution in [-0.2, 0) is 10.2 Å². The van der Waals surface area contributed by atoms with Crippen LogP contribution in [0.2, 0.25) is 0 Å². The first kappa shape index (κ1) is 18.1. The topological polar surface area (TPSA) is 76.7 Å². The van der Waals surface area contributed by atoms with Crippen LogP contribution in [0.15, 0.2) is 18.3 Å². The molecule has 0 radical (unpaired) electrons. The molecule has 1 aliphatic rings. The molecule has 128 valence electrons. The first-order chi connectivity index (χ1) is 10.9. The minimum Gasteiger partial charge on any atom is -0.352 e. The molecule has 0 bridgehead atoms. The van der Waals surface area contributed by atoms with Crippen molar-refractivity contribution in [2.75, 3.05) is 39.3 Å². The predicted octanol–water partition coefficient (Wildman–Crippen LogP) is 1.09. The van der Waals surface area contributed by atoms with Gasteiger partial charge in [-0.2, -0.15) is 17.0 Å². The van der Waals surface area contributed by atoms with E-state index in [-0.39, 0.29) is 5.91 Å². The van der Waals surface area contributed by atoms with Crippen LogP contribution in [0, 0.1) is 4.64 Å². The van der Waals surface area contributed by atoms with E-state index >= 15 is 0 Å². The molecule has 2 heterocycles. The molecule has 1 aromatic rings. The van der Waals surface area contributed by atoms with E-state index in [4.69, 9.17) is 12.2 Å². The third-order valence-electron chi connectivity index (χ3n) is 3.93. The van der Waals surface area contributed by atoms with E-state index in [1.165, 1.54) is 8.61 Å². The maximum absolute atomic E-state index is 12.5. The molecule has 0 aromatic carbocycles. The standard InChI is InChI=1S/C14H22N4O3S2/c1-3-17(4-2)23(20,21)18-10-8-16(9-11-18)14(19)12-6-5-7-15-13(12)22/h5-7H,3-4,8-11H2,1-2H3,(H,15,22). The number of aromatic nitrogens is 1. The van der Waals surface area contributed by atoms with Gasteiger partial charge in [0.05, 0.1) is 5.56 Å². The first-order valence-corrected chi connectivity index (χ1v) is 9.44. The number of hydrogen-bond acceptors (Lipinski definition) is 4. The Kier molecular flexibility index (Phi) is 5.90. The number of rotatable bonds is 5. The molecular weight excluding hydrogens is 336 g/mol. The lowest BCUT2D eigenvalue weighted by Crippen LogP contribution is -2.54. The monoisotopic (exact) mass is 358 g/mol. The van der Waals surface area contributed by atoms with Gasteiger partial charge < -0.3 is 9.88 Å². The fourth-order valence-electron chi connectivity index (χ4n) is 2.60. The van der Waals surface area contributed by atoms with Crippen LogP contribution in [0.5, 0.6) is 0 Å². The highest BCUT2D eigenvalue weighted by molar-refractivity contribution is 7.86. The third kappa shape index (κ3) is 3.79. The SMILES string of the molecule is CCN(CC)S(=O)(=O)N1CCN(C(=O)c2ccc[nH]c2=S)CC1. The number of nitrogens with one attached hydrogen (secondary N) is 1. The van der Waals surface area contributed by atoms with Gasteiger partial charge in [-0.25, -0.2) is 0 Å². The van der Waals surface area contributed by atoms with Crippen LogP contribution in [0.3, 0.4) is 0 Å². The Hall–Kier alpha value is -1.29. The van der Waals surface area contributed by atoms with Crippen LogP contribution < -0.4 is 0 Å². The molecule has 7 nitrogen and oxygen atoms in total. The van der Waals surface area contributed by atoms with Crippen molar-refractivity contribution in [3.05, 3.63) is 28.5 Å². The van der Waals surface area contributed by atoms with Crippen molar-refractivity contribution in [2.45, 2.75) is 13.8 Å². The highest BCUT2D eigenvalue weighted by atomic mass is 32.2. The van der Waals surface area contributed by atoms with E-state index in [0.717, 1.165) is 0 Å². The number of hydrogen-bond donors (Lipinski definition) is 1. The van der Waals surface area contributed by atoms with Gasteiger partial charge >= 0.3 is 0 Å². The summed E-state index contributed by atoms with van der Waals surface area (Å²) in [5.74, 6) is -0.160. The Labute approximate surface area is 142 Å². The zero-order valence-corrected chi connectivity index (χ0v) is 15.0. The molecule has 0 aliphatic carbocycles. The summed E-state index contributed by atoms with van der Waals surface area (Å²) in [5.41, 5.74) is 0.447. The molecule has 0 atom stereocenters. The lowest BCUT2D eigenvalue weighted by Gasteiger charge is -2.36. The van der Waals surface area contributed by atoms with Crippen molar-refractivity contribution in [1.82, 2.24) is 18.5 Å². The summed E-state index contributed by atoms with van der Waals surface area (Å²) in [6, 6.07) is 3.41. The molecule has 1 saturated heterocycles. The number of amides is 1. The molecule has 1 N–H and O–H groups in total. The van der Waals surface area contributed by atoms with E-state index in [2.05, 4.69) is 4.98 Å². The Morgan fingerprint density at radius 2 is 1.87 bits per heavy atom. The minimum atomic E-state index is -3.44. The molecule has 2 rings (SSSR count). The van der Waals surface area contributed by atoms with Crippen LogP contribution >= 0.6 is 12.2 Å². The summed E-state index contributed by atoms with van der Waals surface area (Å²) < 4.78 is 28.2. The van der Waals surface area contributed by atoms with E-state index in [1.807, 2.05) is 13.8 Å². The first-order valence-electron chi connectivity index (χ1n) is 7.64. The van der Waals surface area contributed by atoms with E-state index in [0.29, 0.717) is 49.5 Å². The second-order valence-corrected chi connectivity index (χ2v) is 7.53. The number of carbonyl (C=O) groups is 1. The van der Waals surface area contributed by atoms with Crippen LogP contribution in [0.4, 0.5) is 0 Å². The highest BCUT2D eigenvalue weighted by Crippen LogP contribution is 2.14. The molecule has 0 spiro atoms. The van der Waals surface area contributed by atoms with E-state index < -0.39 is 10.2 Å². The van der Waals surface area contributed by atoms with Gasteiger partial charge in [-0.3, -0.25) is 4.79 Å². The second kappa shape index (κ2) is 7.52. The average Bonchev–Trinajstić information content (AvgIpc) is 2.55. The normalized spacial score (nSPS) is 16.7. The van der Waals surface area contributed by atoms with Crippen LogP contribution in [0.25, 0.3) is 0 Å². The van der Waals surface area contributed by atoms with Gasteiger partial charge in [0.25, 0.3) is 16.1 Å². The quantitative estimate of drug-likeness (QED) is 0.800. The second-order valence-electron chi connectivity index (χ2n) is 5.20. The maximum Gasteiger partial charge on any atom is 0.282 e. The van der Waals surface area contributed by atoms with Gasteiger partial charge in [0.15, 0.2) is 0 Å². The van der Waals surface area contributed by atoms with Crippen LogP contribution in [0.1, 0.15) is 24.2 Å². The minimum absolute atomic E-state index is 0.160. The van der Waals surface area contributed by atoms with E-state index in [9.17, 15) is 13.2 Å². The Morgan fingerprint density at radius 3 is 2.39 bits per heavy atom. The van der Waals surface area contributed by atoms with Gasteiger partial charge in [-0.15, -0.1) is 0 Å². The molecule has 0 saturated carbocycles. The number of H-pyrrole nitrogens is 1. The average molecular weight is 358 g/mol. The lowest BCUT2D eigenvalue weighted by atomic mass is 10.2. The van der Waals surface area contributed by atoms with Gasteiger partial charge in [-0.1, -0.05) is 26.1 Å². The number of nitrogens with zero attached hydrogens (tertiary/aromatic N) is 3. The number of pyridine rings is 1. The summed E-state index contributed by atoms with van der Waals surface area (Å²) in [6.07, 6.45) is 1.67. The van der Waals surface area contributed by atoms with Crippen molar-refractivity contribution in [3.63, 3.8) is 0 Å². The number of piperazine rings is 1. The van der Waals surface area contributed by atoms with Gasteiger partial charge in [-0.05, 0) is 12.1 Å². The van der Waals surface area contributed by atoms with Crippen molar-refractivity contribution in [2.24, 2.45) is 0 Å². The van der Waals surface area contributed by atoms with Crippen molar-refractivity contribution < 1.29 is 13.2 Å². The largest absolute Gasteiger partial charge is 0.352 e. The fourth-order valence-corrected chi connectivity index (χ4v) is 4.42. The summed E-state index contributed by atoms with van der Waals surface area (Å²) in [6.45, 7) is 5.84. The van der Waals surface area contributed by atoms with Crippen molar-refractivity contribution in [1.29, 1.82) is 0 Å². The number of carbonyl (C=O) groups excluding carboxylic acids is 1. The Bertz CT molecular complexity index is 705. The Balaban J connectivity index is 2.06. The summed E-state index contributed by atoms with van der Waals surface area (Å²) in [7, 11) is -3.44. The molecule has 1 aliphatic heterocycles. The Morgan fingerprint density at radius 1 is 1.26 bits per heavy atom. The summed E-state index contributed by atoms with van der Waals surface area (Å²) in [5, 5.41) is 0. The molecule has 9 heteroatoms. The third-order valence-corrected chi connectivity index (χ3v) is 6.46. The fraction of sp³-hybridized carbons (Fsp3) is 0.571. The highest BCUT2D eigenvalue weighted by Gasteiger charge is 2.32. The molecule has 0 unspecified atom stereocenters. The van der Waals surface area contributed by atoms with Gasteiger partial charge in [0.1, 0.15) is 4.64 Å².